The van der Waals surface area contributed by atoms with Crippen LogP contribution in [0.2, 0.25) is 5.02 Å². The van der Waals surface area contributed by atoms with Gasteiger partial charge in [-0.2, -0.15) is 0 Å². The highest BCUT2D eigenvalue weighted by molar-refractivity contribution is 7.89. The van der Waals surface area contributed by atoms with E-state index in [9.17, 15) is 17.6 Å². The van der Waals surface area contributed by atoms with Gasteiger partial charge in [0.15, 0.2) is 0 Å². The van der Waals surface area contributed by atoms with Gasteiger partial charge >= 0.3 is 0 Å². The second kappa shape index (κ2) is 7.08. The number of hydrogen-bond donors (Lipinski definition) is 2. The zero-order valence-corrected chi connectivity index (χ0v) is 13.7. The van der Waals surface area contributed by atoms with E-state index in [2.05, 4.69) is 10.0 Å². The first kappa shape index (κ1) is 17.4. The molecule has 2 N–H and O–H groups in total. The standard InChI is InChI=1S/C15H14ClFN2O3S/c1-10-13(16)3-2-4-14(10)23(21,22)18-9-15(20)19-12-7-5-11(17)6-8-12/h2-8,18H,9H2,1H3,(H,19,20). The first-order chi connectivity index (χ1) is 10.8. The summed E-state index contributed by atoms with van der Waals surface area (Å²) in [7, 11) is -3.86. The van der Waals surface area contributed by atoms with Crippen LogP contribution < -0.4 is 10.0 Å². The molecule has 8 heteroatoms. The smallest absolute Gasteiger partial charge is 0.241 e. The zero-order chi connectivity index (χ0) is 17.0. The molecule has 0 saturated heterocycles. The van der Waals surface area contributed by atoms with E-state index in [1.165, 1.54) is 36.4 Å². The number of amides is 1. The molecule has 0 aliphatic carbocycles. The Hall–Kier alpha value is -1.96. The number of rotatable bonds is 5. The van der Waals surface area contributed by atoms with Crippen molar-refractivity contribution in [1.29, 1.82) is 0 Å². The van der Waals surface area contributed by atoms with Gasteiger partial charge in [-0.15, -0.1) is 0 Å². The number of anilines is 1. The molecule has 5 nitrogen and oxygen atoms in total. The fourth-order valence-corrected chi connectivity index (χ4v) is 3.33. The Labute approximate surface area is 138 Å². The lowest BCUT2D eigenvalue weighted by Crippen LogP contribution is -2.33. The molecule has 2 rings (SSSR count). The van der Waals surface area contributed by atoms with Gasteiger partial charge in [0.05, 0.1) is 11.4 Å². The molecule has 0 atom stereocenters. The summed E-state index contributed by atoms with van der Waals surface area (Å²) in [6.45, 7) is 1.13. The lowest BCUT2D eigenvalue weighted by molar-refractivity contribution is -0.115. The Balaban J connectivity index is 2.03. The van der Waals surface area contributed by atoms with Gasteiger partial charge in [0.2, 0.25) is 15.9 Å². The van der Waals surface area contributed by atoms with Crippen LogP contribution in [0.1, 0.15) is 5.56 Å². The maximum absolute atomic E-state index is 12.8. The second-order valence-corrected chi connectivity index (χ2v) is 6.89. The third kappa shape index (κ3) is 4.51. The summed E-state index contributed by atoms with van der Waals surface area (Å²) in [5, 5.41) is 2.78. The predicted octanol–water partition coefficient (Wildman–Crippen LogP) is 2.70. The Morgan fingerprint density at radius 2 is 1.83 bits per heavy atom. The lowest BCUT2D eigenvalue weighted by atomic mass is 10.2. The molecule has 122 valence electrons. The molecule has 23 heavy (non-hydrogen) atoms. The molecule has 0 spiro atoms. The minimum absolute atomic E-state index is 0.0135. The molecule has 2 aromatic carbocycles. The molecule has 2 aromatic rings. The summed E-state index contributed by atoms with van der Waals surface area (Å²) in [5.74, 6) is -1.00. The Morgan fingerprint density at radius 3 is 2.48 bits per heavy atom. The highest BCUT2D eigenvalue weighted by atomic mass is 35.5. The molecule has 0 saturated carbocycles. The van der Waals surface area contributed by atoms with Crippen molar-refractivity contribution in [3.8, 4) is 0 Å². The minimum atomic E-state index is -3.86. The highest BCUT2D eigenvalue weighted by Crippen LogP contribution is 2.22. The molecular weight excluding hydrogens is 343 g/mol. The fraction of sp³-hybridized carbons (Fsp3) is 0.133. The normalized spacial score (nSPS) is 11.3. The topological polar surface area (TPSA) is 75.3 Å². The molecule has 0 aliphatic heterocycles. The van der Waals surface area contributed by atoms with Crippen LogP contribution in [0.15, 0.2) is 47.4 Å². The number of halogens is 2. The third-order valence-electron chi connectivity index (χ3n) is 3.06. The van der Waals surface area contributed by atoms with Gasteiger partial charge in [-0.25, -0.2) is 17.5 Å². The minimum Gasteiger partial charge on any atom is -0.325 e. The number of sulfonamides is 1. The molecule has 0 bridgehead atoms. The fourth-order valence-electron chi connectivity index (χ4n) is 1.86. The van der Waals surface area contributed by atoms with Gasteiger partial charge in [-0.3, -0.25) is 4.79 Å². The van der Waals surface area contributed by atoms with Crippen LogP contribution in [0.25, 0.3) is 0 Å². The van der Waals surface area contributed by atoms with Gasteiger partial charge in [0.1, 0.15) is 5.82 Å². The van der Waals surface area contributed by atoms with Gasteiger partial charge in [-0.1, -0.05) is 17.7 Å². The number of hydrogen-bond acceptors (Lipinski definition) is 3. The van der Waals surface area contributed by atoms with Crippen molar-refractivity contribution in [2.75, 3.05) is 11.9 Å². The largest absolute Gasteiger partial charge is 0.325 e. The number of benzene rings is 2. The van der Waals surface area contributed by atoms with Crippen LogP contribution in [-0.4, -0.2) is 20.9 Å². The van der Waals surface area contributed by atoms with Gasteiger partial charge < -0.3 is 5.32 Å². The van der Waals surface area contributed by atoms with Crippen molar-refractivity contribution < 1.29 is 17.6 Å². The van der Waals surface area contributed by atoms with Crippen LogP contribution in [0.5, 0.6) is 0 Å². The Morgan fingerprint density at radius 1 is 1.17 bits per heavy atom. The molecule has 0 unspecified atom stereocenters. The maximum Gasteiger partial charge on any atom is 0.241 e. The molecule has 0 fully saturated rings. The summed E-state index contributed by atoms with van der Waals surface area (Å²) < 4.78 is 39.4. The highest BCUT2D eigenvalue weighted by Gasteiger charge is 2.19. The predicted molar refractivity (Wildman–Crippen MR) is 86.4 cm³/mol. The zero-order valence-electron chi connectivity index (χ0n) is 12.1. The summed E-state index contributed by atoms with van der Waals surface area (Å²) >= 11 is 5.90. The van der Waals surface area contributed by atoms with Crippen molar-refractivity contribution >= 4 is 33.2 Å². The lowest BCUT2D eigenvalue weighted by Gasteiger charge is -2.10. The molecular formula is C15H14ClFN2O3S. The van der Waals surface area contributed by atoms with Crippen LogP contribution in [0.4, 0.5) is 10.1 Å². The Bertz CT molecular complexity index is 823. The van der Waals surface area contributed by atoms with Crippen molar-refractivity contribution in [2.24, 2.45) is 0 Å². The van der Waals surface area contributed by atoms with Gasteiger partial charge in [-0.05, 0) is 48.9 Å². The first-order valence-corrected chi connectivity index (χ1v) is 8.46. The first-order valence-electron chi connectivity index (χ1n) is 6.60. The monoisotopic (exact) mass is 356 g/mol. The van der Waals surface area contributed by atoms with E-state index in [1.54, 1.807) is 13.0 Å². The summed E-state index contributed by atoms with van der Waals surface area (Å²) in [6, 6.07) is 9.64. The molecule has 1 amide bonds. The van der Waals surface area contributed by atoms with Crippen LogP contribution in [0.3, 0.4) is 0 Å². The maximum atomic E-state index is 12.8. The second-order valence-electron chi connectivity index (χ2n) is 4.74. The summed E-state index contributed by atoms with van der Waals surface area (Å²) in [4.78, 5) is 11.8. The van der Waals surface area contributed by atoms with Crippen LogP contribution in [0, 0.1) is 12.7 Å². The van der Waals surface area contributed by atoms with E-state index in [4.69, 9.17) is 11.6 Å². The summed E-state index contributed by atoms with van der Waals surface area (Å²) in [6.07, 6.45) is 0. The van der Waals surface area contributed by atoms with Crippen molar-refractivity contribution in [3.63, 3.8) is 0 Å². The van der Waals surface area contributed by atoms with Crippen LogP contribution in [-0.2, 0) is 14.8 Å². The number of carbonyl (C=O) groups is 1. The average Bonchev–Trinajstić information content (AvgIpc) is 2.50. The van der Waals surface area contributed by atoms with E-state index >= 15 is 0 Å². The van der Waals surface area contributed by atoms with Crippen molar-refractivity contribution in [3.05, 3.63) is 58.9 Å². The van der Waals surface area contributed by atoms with Crippen LogP contribution >= 0.6 is 11.6 Å². The van der Waals surface area contributed by atoms with E-state index in [1.807, 2.05) is 0 Å². The average molecular weight is 357 g/mol. The molecule has 0 heterocycles. The SMILES string of the molecule is Cc1c(Cl)cccc1S(=O)(=O)NCC(=O)Nc1ccc(F)cc1. The van der Waals surface area contributed by atoms with Gasteiger partial charge in [0.25, 0.3) is 0 Å². The Kier molecular flexibility index (Phi) is 5.35. The third-order valence-corrected chi connectivity index (χ3v) is 5.01. The van der Waals surface area contributed by atoms with E-state index in [0.717, 1.165) is 0 Å². The quantitative estimate of drug-likeness (QED) is 0.864. The van der Waals surface area contributed by atoms with Crippen molar-refractivity contribution in [1.82, 2.24) is 4.72 Å². The molecule has 0 radical (unpaired) electrons. The van der Waals surface area contributed by atoms with Crippen molar-refractivity contribution in [2.45, 2.75) is 11.8 Å². The molecule has 0 aliphatic rings. The van der Waals surface area contributed by atoms with E-state index in [0.29, 0.717) is 16.3 Å². The van der Waals surface area contributed by atoms with Gasteiger partial charge in [0, 0.05) is 10.7 Å². The molecule has 0 aromatic heterocycles. The van der Waals surface area contributed by atoms with E-state index in [-0.39, 0.29) is 4.90 Å². The number of nitrogens with one attached hydrogen (secondary N) is 2. The number of carbonyl (C=O) groups excluding carboxylic acids is 1. The summed E-state index contributed by atoms with van der Waals surface area (Å²) in [5.41, 5.74) is 0.773. The van der Waals surface area contributed by atoms with E-state index < -0.39 is 28.3 Å².